The molecule has 1 saturated heterocycles. The van der Waals surface area contributed by atoms with E-state index in [0.29, 0.717) is 5.56 Å². The van der Waals surface area contributed by atoms with Crippen molar-refractivity contribution in [1.82, 2.24) is 15.6 Å². The molecule has 0 bridgehead atoms. The molecule has 41 heavy (non-hydrogen) atoms. The number of alkyl halides is 4. The Morgan fingerprint density at radius 3 is 2.15 bits per heavy atom. The highest BCUT2D eigenvalue weighted by Gasteiger charge is 2.50. The summed E-state index contributed by atoms with van der Waals surface area (Å²) in [4.78, 5) is 55.3. The van der Waals surface area contributed by atoms with Gasteiger partial charge in [0.25, 0.3) is 5.91 Å². The number of aromatic nitrogens is 1. The zero-order valence-electron chi connectivity index (χ0n) is 21.7. The Morgan fingerprint density at radius 1 is 0.951 bits per heavy atom. The van der Waals surface area contributed by atoms with Crippen LogP contribution in [0.3, 0.4) is 0 Å². The number of ketones is 1. The number of carbonyl (C=O) groups excluding carboxylic acids is 4. The normalized spacial score (nSPS) is 18.4. The van der Waals surface area contributed by atoms with Gasteiger partial charge in [0.05, 0.1) is 37.1 Å². The number of carbonyl (C=O) groups is 4. The predicted molar refractivity (Wildman–Crippen MR) is 133 cm³/mol. The van der Waals surface area contributed by atoms with Crippen LogP contribution in [0, 0.1) is 0 Å². The maximum atomic E-state index is 13.3. The molecule has 3 rings (SSSR count). The lowest BCUT2D eigenvalue weighted by Gasteiger charge is -2.25. The molecule has 3 amide bonds. The standard InChI is InChI=1S/C26H28F4N4O7/c1-26(13-41-26)20(35)17(10-14-6-3-2-4-7-14)33-23(38)18(12-40-25(29)30)34-22(37)16(11-39-24(27)28)19-15(21(31)36)8-5-9-32-19/h2-9,16-18,24-25H,10-13H2,1H3,(H2,31,36)(H,33,38)(H,34,37)/t16-,17+,18+,26-/m1/s1. The van der Waals surface area contributed by atoms with Crippen LogP contribution in [0.5, 0.6) is 0 Å². The molecule has 222 valence electrons. The fraction of sp³-hybridized carbons (Fsp3) is 0.423. The second-order valence-corrected chi connectivity index (χ2v) is 9.24. The van der Waals surface area contributed by atoms with Crippen LogP contribution in [0.4, 0.5) is 17.6 Å². The molecule has 0 spiro atoms. The van der Waals surface area contributed by atoms with Crippen molar-refractivity contribution in [2.24, 2.45) is 5.73 Å². The summed E-state index contributed by atoms with van der Waals surface area (Å²) >= 11 is 0. The second-order valence-electron chi connectivity index (χ2n) is 9.24. The number of amides is 3. The topological polar surface area (TPSA) is 162 Å². The van der Waals surface area contributed by atoms with Gasteiger partial charge in [-0.2, -0.15) is 17.6 Å². The highest BCUT2D eigenvalue weighted by atomic mass is 19.3. The molecule has 1 aliphatic heterocycles. The van der Waals surface area contributed by atoms with Gasteiger partial charge >= 0.3 is 13.2 Å². The smallest absolute Gasteiger partial charge is 0.345 e. The summed E-state index contributed by atoms with van der Waals surface area (Å²) in [5.41, 5.74) is 4.19. The molecular formula is C26H28F4N4O7. The van der Waals surface area contributed by atoms with E-state index in [2.05, 4.69) is 25.1 Å². The van der Waals surface area contributed by atoms with Crippen LogP contribution >= 0.6 is 0 Å². The van der Waals surface area contributed by atoms with Crippen molar-refractivity contribution in [2.75, 3.05) is 19.8 Å². The number of nitrogens with zero attached hydrogens (tertiary/aromatic N) is 1. The molecule has 2 aromatic rings. The van der Waals surface area contributed by atoms with Crippen molar-refractivity contribution in [3.63, 3.8) is 0 Å². The third kappa shape index (κ3) is 9.03. The van der Waals surface area contributed by atoms with Crippen molar-refractivity contribution in [3.05, 3.63) is 65.5 Å². The first-order chi connectivity index (χ1) is 19.4. The van der Waals surface area contributed by atoms with E-state index in [0.717, 1.165) is 6.20 Å². The van der Waals surface area contributed by atoms with Gasteiger partial charge in [0, 0.05) is 6.20 Å². The lowest BCUT2D eigenvalue weighted by Crippen LogP contribution is -2.56. The maximum absolute atomic E-state index is 13.3. The van der Waals surface area contributed by atoms with Crippen LogP contribution < -0.4 is 16.4 Å². The third-order valence-corrected chi connectivity index (χ3v) is 6.18. The van der Waals surface area contributed by atoms with E-state index in [1.165, 1.54) is 19.1 Å². The zero-order chi connectivity index (χ0) is 30.2. The SMILES string of the molecule is C[C@]1(C(=O)[C@H](Cc2ccccc2)NC(=O)[C@H](COC(F)F)NC(=O)[C@H](COC(F)F)c2ncccc2C(N)=O)CO1. The highest BCUT2D eigenvalue weighted by Crippen LogP contribution is 2.29. The number of primary amides is 1. The third-order valence-electron chi connectivity index (χ3n) is 6.18. The molecule has 0 saturated carbocycles. The number of Topliss-reactive ketones (excluding diaryl/α,β-unsaturated/α-hetero) is 1. The average molecular weight is 585 g/mol. The monoisotopic (exact) mass is 584 g/mol. The van der Waals surface area contributed by atoms with E-state index in [4.69, 9.17) is 10.5 Å². The van der Waals surface area contributed by atoms with Crippen molar-refractivity contribution in [2.45, 2.75) is 50.2 Å². The average Bonchev–Trinajstić information content (AvgIpc) is 3.69. The Balaban J connectivity index is 1.86. The summed E-state index contributed by atoms with van der Waals surface area (Å²) in [7, 11) is 0. The molecule has 15 heteroatoms. The van der Waals surface area contributed by atoms with E-state index in [9.17, 15) is 36.7 Å². The van der Waals surface area contributed by atoms with Crippen LogP contribution in [-0.2, 0) is 35.0 Å². The van der Waals surface area contributed by atoms with Crippen LogP contribution in [0.1, 0.15) is 34.5 Å². The quantitative estimate of drug-likeness (QED) is 0.197. The van der Waals surface area contributed by atoms with Crippen molar-refractivity contribution < 1.29 is 51.0 Å². The fourth-order valence-electron chi connectivity index (χ4n) is 3.93. The molecule has 11 nitrogen and oxygen atoms in total. The Kier molecular flexibility index (Phi) is 10.9. The second kappa shape index (κ2) is 14.1. The van der Waals surface area contributed by atoms with Crippen molar-refractivity contribution >= 4 is 23.5 Å². The number of hydrogen-bond donors (Lipinski definition) is 3. The minimum absolute atomic E-state index is 0.0154. The van der Waals surface area contributed by atoms with E-state index in [-0.39, 0.29) is 24.3 Å². The van der Waals surface area contributed by atoms with Crippen LogP contribution in [0.15, 0.2) is 48.7 Å². The Labute approximate surface area is 231 Å². The summed E-state index contributed by atoms with van der Waals surface area (Å²) in [5, 5.41) is 4.60. The number of nitrogens with one attached hydrogen (secondary N) is 2. The highest BCUT2D eigenvalue weighted by molar-refractivity contribution is 5.99. The van der Waals surface area contributed by atoms with Gasteiger partial charge in [-0.25, -0.2) is 0 Å². The summed E-state index contributed by atoms with van der Waals surface area (Å²) in [6.45, 7) is -7.08. The number of hydrogen-bond acceptors (Lipinski definition) is 8. The van der Waals surface area contributed by atoms with E-state index in [1.54, 1.807) is 30.3 Å². The molecule has 1 aromatic heterocycles. The first-order valence-electron chi connectivity index (χ1n) is 12.3. The summed E-state index contributed by atoms with van der Waals surface area (Å²) in [6.07, 6.45) is 1.18. The van der Waals surface area contributed by atoms with Gasteiger partial charge in [-0.05, 0) is 31.0 Å². The molecule has 4 atom stereocenters. The van der Waals surface area contributed by atoms with Gasteiger partial charge < -0.3 is 30.6 Å². The van der Waals surface area contributed by atoms with Crippen molar-refractivity contribution in [3.8, 4) is 0 Å². The van der Waals surface area contributed by atoms with Crippen LogP contribution in [-0.4, -0.2) is 79.2 Å². The molecule has 2 heterocycles. The lowest BCUT2D eigenvalue weighted by molar-refractivity contribution is -0.152. The molecule has 4 N–H and O–H groups in total. The molecule has 1 fully saturated rings. The van der Waals surface area contributed by atoms with E-state index in [1.807, 2.05) is 0 Å². The first-order valence-corrected chi connectivity index (χ1v) is 12.3. The molecule has 1 aromatic carbocycles. The maximum Gasteiger partial charge on any atom is 0.345 e. The Morgan fingerprint density at radius 2 is 1.56 bits per heavy atom. The van der Waals surface area contributed by atoms with Gasteiger partial charge in [0.1, 0.15) is 17.6 Å². The largest absolute Gasteiger partial charge is 0.366 e. The Hall–Kier alpha value is -3.95. The minimum atomic E-state index is -3.34. The van der Waals surface area contributed by atoms with Gasteiger partial charge in [-0.1, -0.05) is 30.3 Å². The molecular weight excluding hydrogens is 556 g/mol. The molecule has 1 aliphatic rings. The van der Waals surface area contributed by atoms with E-state index < -0.39 is 73.5 Å². The van der Waals surface area contributed by atoms with Crippen LogP contribution in [0.2, 0.25) is 0 Å². The van der Waals surface area contributed by atoms with Gasteiger partial charge in [0.2, 0.25) is 11.8 Å². The predicted octanol–water partition coefficient (Wildman–Crippen LogP) is 1.31. The van der Waals surface area contributed by atoms with Gasteiger partial charge in [-0.15, -0.1) is 0 Å². The van der Waals surface area contributed by atoms with Gasteiger partial charge in [0.15, 0.2) is 5.78 Å². The number of pyridine rings is 1. The molecule has 0 aliphatic carbocycles. The fourth-order valence-corrected chi connectivity index (χ4v) is 3.93. The number of benzene rings is 1. The van der Waals surface area contributed by atoms with Crippen molar-refractivity contribution in [1.29, 1.82) is 0 Å². The number of nitrogens with two attached hydrogens (primary N) is 1. The van der Waals surface area contributed by atoms with Gasteiger partial charge in [-0.3, -0.25) is 24.2 Å². The first kappa shape index (κ1) is 31.6. The number of epoxide rings is 1. The minimum Gasteiger partial charge on any atom is -0.366 e. The van der Waals surface area contributed by atoms with Crippen LogP contribution in [0.25, 0.3) is 0 Å². The summed E-state index contributed by atoms with van der Waals surface area (Å²) < 4.78 is 65.3. The summed E-state index contributed by atoms with van der Waals surface area (Å²) in [5.74, 6) is -5.50. The number of rotatable bonds is 16. The summed E-state index contributed by atoms with van der Waals surface area (Å²) in [6, 6.07) is 8.09. The molecule has 0 radical (unpaired) electrons. The zero-order valence-corrected chi connectivity index (χ0v) is 21.7. The lowest BCUT2D eigenvalue weighted by atomic mass is 9.94. The number of ether oxygens (including phenoxy) is 3. The van der Waals surface area contributed by atoms with E-state index >= 15 is 0 Å². The molecule has 0 unspecified atom stereocenters. The Bertz CT molecular complexity index is 1230. The number of halogens is 4.